The predicted molar refractivity (Wildman–Crippen MR) is 76.8 cm³/mol. The van der Waals surface area contributed by atoms with Gasteiger partial charge < -0.3 is 5.73 Å². The van der Waals surface area contributed by atoms with Crippen LogP contribution in [0.2, 0.25) is 0 Å². The highest BCUT2D eigenvalue weighted by Gasteiger charge is 2.06. The van der Waals surface area contributed by atoms with Crippen molar-refractivity contribution in [3.8, 4) is 16.8 Å². The summed E-state index contributed by atoms with van der Waals surface area (Å²) in [6.07, 6.45) is 3.42. The Kier molecular flexibility index (Phi) is 3.50. The maximum atomic E-state index is 13.5. The first-order valence-corrected chi connectivity index (χ1v) is 6.46. The molecule has 0 aliphatic carbocycles. The van der Waals surface area contributed by atoms with Crippen LogP contribution in [0.4, 0.5) is 8.78 Å². The van der Waals surface area contributed by atoms with E-state index in [0.29, 0.717) is 11.3 Å². The predicted octanol–water partition coefficient (Wildman–Crippen LogP) is 3.28. The Bertz CT molecular complexity index is 763. The number of aromatic nitrogens is 2. The summed E-state index contributed by atoms with van der Waals surface area (Å²) in [5.41, 5.74) is 8.52. The van der Waals surface area contributed by atoms with Crippen molar-refractivity contribution in [1.29, 1.82) is 0 Å². The second kappa shape index (κ2) is 5.46. The van der Waals surface area contributed by atoms with E-state index in [0.717, 1.165) is 11.1 Å². The summed E-state index contributed by atoms with van der Waals surface area (Å²) in [5.74, 6) is -0.643. The Hall–Kier alpha value is -2.53. The van der Waals surface area contributed by atoms with Crippen LogP contribution in [0.5, 0.6) is 0 Å². The lowest BCUT2D eigenvalue weighted by molar-refractivity contribution is 0.623. The highest BCUT2D eigenvalue weighted by molar-refractivity contribution is 5.62. The normalized spacial score (nSPS) is 10.8. The minimum atomic E-state index is -0.355. The van der Waals surface area contributed by atoms with E-state index >= 15 is 0 Å². The maximum Gasteiger partial charge on any atom is 0.125 e. The molecule has 21 heavy (non-hydrogen) atoms. The van der Waals surface area contributed by atoms with E-state index in [2.05, 4.69) is 5.10 Å². The van der Waals surface area contributed by atoms with Crippen molar-refractivity contribution in [2.75, 3.05) is 0 Å². The summed E-state index contributed by atoms with van der Waals surface area (Å²) < 4.78 is 28.0. The van der Waals surface area contributed by atoms with E-state index in [-0.39, 0.29) is 18.2 Å². The molecule has 0 saturated carbocycles. The molecule has 1 aromatic heterocycles. The zero-order valence-electron chi connectivity index (χ0n) is 11.1. The number of hydrogen-bond donors (Lipinski definition) is 1. The molecule has 0 aliphatic heterocycles. The van der Waals surface area contributed by atoms with Gasteiger partial charge in [0.2, 0.25) is 0 Å². The number of nitrogens with two attached hydrogens (primary N) is 1. The largest absolute Gasteiger partial charge is 0.326 e. The molecular formula is C16H13F2N3. The molecule has 0 saturated heterocycles. The lowest BCUT2D eigenvalue weighted by Crippen LogP contribution is -2.01. The van der Waals surface area contributed by atoms with E-state index in [9.17, 15) is 8.78 Å². The minimum absolute atomic E-state index is 0.261. The van der Waals surface area contributed by atoms with Gasteiger partial charge >= 0.3 is 0 Å². The molecule has 2 N–H and O–H groups in total. The highest BCUT2D eigenvalue weighted by atomic mass is 19.1. The lowest BCUT2D eigenvalue weighted by Gasteiger charge is -2.04. The number of benzene rings is 2. The van der Waals surface area contributed by atoms with Gasteiger partial charge in [-0.15, -0.1) is 0 Å². The molecule has 2 aromatic carbocycles. The van der Waals surface area contributed by atoms with Crippen LogP contribution >= 0.6 is 0 Å². The molecule has 0 spiro atoms. The Balaban J connectivity index is 1.98. The molecule has 0 unspecified atom stereocenters. The van der Waals surface area contributed by atoms with Crippen molar-refractivity contribution in [3.05, 3.63) is 72.1 Å². The number of rotatable bonds is 3. The molecule has 0 aliphatic rings. The van der Waals surface area contributed by atoms with Crippen LogP contribution in [-0.2, 0) is 6.54 Å². The van der Waals surface area contributed by atoms with Crippen LogP contribution in [0.1, 0.15) is 5.56 Å². The Morgan fingerprint density at radius 2 is 1.71 bits per heavy atom. The average molecular weight is 285 g/mol. The first-order valence-electron chi connectivity index (χ1n) is 6.46. The molecule has 5 heteroatoms. The first kappa shape index (κ1) is 13.5. The quantitative estimate of drug-likeness (QED) is 0.802. The second-order valence-electron chi connectivity index (χ2n) is 4.70. The van der Waals surface area contributed by atoms with Crippen molar-refractivity contribution >= 4 is 0 Å². The molecule has 3 aromatic rings. The van der Waals surface area contributed by atoms with Gasteiger partial charge in [-0.25, -0.2) is 13.5 Å². The van der Waals surface area contributed by atoms with Gasteiger partial charge in [0.05, 0.1) is 11.9 Å². The van der Waals surface area contributed by atoms with E-state index < -0.39 is 0 Å². The van der Waals surface area contributed by atoms with Gasteiger partial charge in [0, 0.05) is 18.3 Å². The van der Waals surface area contributed by atoms with Gasteiger partial charge in [0.25, 0.3) is 0 Å². The van der Waals surface area contributed by atoms with E-state index in [1.807, 2.05) is 0 Å². The zero-order valence-corrected chi connectivity index (χ0v) is 11.1. The van der Waals surface area contributed by atoms with Gasteiger partial charge in [-0.05, 0) is 41.5 Å². The van der Waals surface area contributed by atoms with E-state index in [1.165, 1.54) is 24.3 Å². The standard InChI is InChI=1S/C16H13F2N3/c17-14-3-1-12(2-4-14)13-9-20-21(10-13)16-6-11(8-19)5-15(18)7-16/h1-7,9-10H,8,19H2. The third kappa shape index (κ3) is 2.83. The van der Waals surface area contributed by atoms with Gasteiger partial charge in [-0.2, -0.15) is 5.10 Å². The third-order valence-electron chi connectivity index (χ3n) is 3.20. The van der Waals surface area contributed by atoms with Crippen LogP contribution in [-0.4, -0.2) is 9.78 Å². The van der Waals surface area contributed by atoms with Crippen molar-refractivity contribution in [3.63, 3.8) is 0 Å². The van der Waals surface area contributed by atoms with Crippen molar-refractivity contribution in [2.24, 2.45) is 5.73 Å². The van der Waals surface area contributed by atoms with Crippen LogP contribution in [0.15, 0.2) is 54.9 Å². The number of nitrogens with zero attached hydrogens (tertiary/aromatic N) is 2. The van der Waals surface area contributed by atoms with Crippen LogP contribution < -0.4 is 5.73 Å². The van der Waals surface area contributed by atoms with Gasteiger partial charge in [-0.3, -0.25) is 0 Å². The van der Waals surface area contributed by atoms with E-state index in [4.69, 9.17) is 5.73 Å². The molecule has 0 amide bonds. The fourth-order valence-electron chi connectivity index (χ4n) is 2.14. The molecule has 1 heterocycles. The second-order valence-corrected chi connectivity index (χ2v) is 4.70. The highest BCUT2D eigenvalue weighted by Crippen LogP contribution is 2.21. The fourth-order valence-corrected chi connectivity index (χ4v) is 2.14. The number of halogens is 2. The Labute approximate surface area is 120 Å². The summed E-state index contributed by atoms with van der Waals surface area (Å²) in [5, 5.41) is 4.22. The molecule has 106 valence electrons. The Morgan fingerprint density at radius 3 is 2.43 bits per heavy atom. The molecule has 0 bridgehead atoms. The SMILES string of the molecule is NCc1cc(F)cc(-n2cc(-c3ccc(F)cc3)cn2)c1. The summed E-state index contributed by atoms with van der Waals surface area (Å²) in [6, 6.07) is 10.7. The Morgan fingerprint density at radius 1 is 0.952 bits per heavy atom. The first-order chi connectivity index (χ1) is 10.2. The van der Waals surface area contributed by atoms with Gasteiger partial charge in [-0.1, -0.05) is 12.1 Å². The summed E-state index contributed by atoms with van der Waals surface area (Å²) in [6.45, 7) is 0.261. The van der Waals surface area contributed by atoms with E-state index in [1.54, 1.807) is 35.3 Å². The molecule has 0 radical (unpaired) electrons. The molecule has 3 nitrogen and oxygen atoms in total. The summed E-state index contributed by atoms with van der Waals surface area (Å²) in [4.78, 5) is 0. The van der Waals surface area contributed by atoms with Crippen molar-refractivity contribution in [2.45, 2.75) is 6.54 Å². The maximum absolute atomic E-state index is 13.5. The molecule has 0 atom stereocenters. The fraction of sp³-hybridized carbons (Fsp3) is 0.0625. The molecule has 3 rings (SSSR count). The zero-order chi connectivity index (χ0) is 14.8. The third-order valence-corrected chi connectivity index (χ3v) is 3.20. The molecule has 0 fully saturated rings. The topological polar surface area (TPSA) is 43.8 Å². The van der Waals surface area contributed by atoms with Gasteiger partial charge in [0.15, 0.2) is 0 Å². The monoisotopic (exact) mass is 285 g/mol. The van der Waals surface area contributed by atoms with Gasteiger partial charge in [0.1, 0.15) is 11.6 Å². The lowest BCUT2D eigenvalue weighted by atomic mass is 10.1. The van der Waals surface area contributed by atoms with Crippen LogP contribution in [0, 0.1) is 11.6 Å². The summed E-state index contributed by atoms with van der Waals surface area (Å²) in [7, 11) is 0. The van der Waals surface area contributed by atoms with Crippen molar-refractivity contribution in [1.82, 2.24) is 9.78 Å². The summed E-state index contributed by atoms with van der Waals surface area (Å²) >= 11 is 0. The van der Waals surface area contributed by atoms with Crippen molar-refractivity contribution < 1.29 is 8.78 Å². The minimum Gasteiger partial charge on any atom is -0.326 e. The smallest absolute Gasteiger partial charge is 0.125 e. The molecular weight excluding hydrogens is 272 g/mol. The van der Waals surface area contributed by atoms with Crippen LogP contribution in [0.25, 0.3) is 16.8 Å². The van der Waals surface area contributed by atoms with Crippen LogP contribution in [0.3, 0.4) is 0 Å². The average Bonchev–Trinajstić information content (AvgIpc) is 2.97. The number of hydrogen-bond acceptors (Lipinski definition) is 2.